The second kappa shape index (κ2) is 4.03. The standard InChI is InChI=1S/C12H8ClFN4/c1-7-2-3-9(14)4-10(7)18-11-8(6-16-18)5-15-12(13)17-11/h2-6H,1H3. The Balaban J connectivity index is 2.31. The summed E-state index contributed by atoms with van der Waals surface area (Å²) in [5.74, 6) is -0.320. The number of aromatic nitrogens is 4. The molecule has 0 unspecified atom stereocenters. The van der Waals surface area contributed by atoms with E-state index in [1.807, 2.05) is 6.92 Å². The van der Waals surface area contributed by atoms with Crippen LogP contribution in [0.25, 0.3) is 16.7 Å². The fourth-order valence-corrected chi connectivity index (χ4v) is 1.91. The molecule has 0 aliphatic heterocycles. The van der Waals surface area contributed by atoms with E-state index in [1.165, 1.54) is 12.1 Å². The van der Waals surface area contributed by atoms with Gasteiger partial charge in [0.1, 0.15) is 5.82 Å². The zero-order valence-electron chi connectivity index (χ0n) is 9.43. The first-order valence-corrected chi connectivity index (χ1v) is 5.66. The van der Waals surface area contributed by atoms with Gasteiger partial charge in [-0.1, -0.05) is 6.07 Å². The van der Waals surface area contributed by atoms with Crippen molar-refractivity contribution in [3.63, 3.8) is 0 Å². The van der Waals surface area contributed by atoms with Crippen molar-refractivity contribution in [1.29, 1.82) is 0 Å². The van der Waals surface area contributed by atoms with E-state index in [-0.39, 0.29) is 11.1 Å². The lowest BCUT2D eigenvalue weighted by Gasteiger charge is -2.06. The molecule has 0 saturated carbocycles. The number of rotatable bonds is 1. The van der Waals surface area contributed by atoms with Gasteiger partial charge in [-0.05, 0) is 36.2 Å². The molecule has 4 nitrogen and oxygen atoms in total. The van der Waals surface area contributed by atoms with Gasteiger partial charge in [-0.15, -0.1) is 0 Å². The molecular weight excluding hydrogens is 255 g/mol. The Kier molecular flexibility index (Phi) is 2.48. The molecule has 0 bridgehead atoms. The van der Waals surface area contributed by atoms with Gasteiger partial charge in [0.2, 0.25) is 5.28 Å². The van der Waals surface area contributed by atoms with E-state index in [1.54, 1.807) is 23.1 Å². The highest BCUT2D eigenvalue weighted by Crippen LogP contribution is 2.20. The van der Waals surface area contributed by atoms with Crippen molar-refractivity contribution in [1.82, 2.24) is 19.7 Å². The van der Waals surface area contributed by atoms with Crippen molar-refractivity contribution in [3.05, 3.63) is 47.3 Å². The van der Waals surface area contributed by atoms with Crippen LogP contribution >= 0.6 is 11.6 Å². The number of nitrogens with zero attached hydrogens (tertiary/aromatic N) is 4. The SMILES string of the molecule is Cc1ccc(F)cc1-n1ncc2cnc(Cl)nc21. The van der Waals surface area contributed by atoms with E-state index in [0.717, 1.165) is 10.9 Å². The van der Waals surface area contributed by atoms with Gasteiger partial charge in [-0.2, -0.15) is 10.1 Å². The predicted octanol–water partition coefficient (Wildman–Crippen LogP) is 2.92. The Hall–Kier alpha value is -2.01. The normalized spacial score (nSPS) is 11.1. The number of fused-ring (bicyclic) bond motifs is 1. The van der Waals surface area contributed by atoms with Crippen LogP contribution < -0.4 is 0 Å². The van der Waals surface area contributed by atoms with E-state index < -0.39 is 0 Å². The fourth-order valence-electron chi connectivity index (χ4n) is 1.78. The van der Waals surface area contributed by atoms with Crippen LogP contribution in [0, 0.1) is 12.7 Å². The zero-order valence-corrected chi connectivity index (χ0v) is 10.2. The van der Waals surface area contributed by atoms with Crippen LogP contribution in [0.4, 0.5) is 4.39 Å². The van der Waals surface area contributed by atoms with Gasteiger partial charge in [0.05, 0.1) is 17.3 Å². The molecule has 0 fully saturated rings. The molecule has 0 N–H and O–H groups in total. The summed E-state index contributed by atoms with van der Waals surface area (Å²) in [6.07, 6.45) is 3.21. The number of halogens is 2. The Morgan fingerprint density at radius 2 is 2.11 bits per heavy atom. The van der Waals surface area contributed by atoms with Crippen LogP contribution in [0.15, 0.2) is 30.6 Å². The molecule has 1 aromatic carbocycles. The van der Waals surface area contributed by atoms with Crippen LogP contribution in [0.1, 0.15) is 5.56 Å². The van der Waals surface area contributed by atoms with Gasteiger partial charge in [0.25, 0.3) is 0 Å². The quantitative estimate of drug-likeness (QED) is 0.634. The van der Waals surface area contributed by atoms with Crippen molar-refractivity contribution in [3.8, 4) is 5.69 Å². The van der Waals surface area contributed by atoms with Gasteiger partial charge in [-0.25, -0.2) is 14.1 Å². The molecule has 3 rings (SSSR count). The first kappa shape index (κ1) is 11.1. The minimum Gasteiger partial charge on any atom is -0.226 e. The molecule has 2 aromatic heterocycles. The van der Waals surface area contributed by atoms with Crippen LogP contribution in [0.5, 0.6) is 0 Å². The molecule has 0 aliphatic carbocycles. The molecule has 2 heterocycles. The molecule has 6 heteroatoms. The highest BCUT2D eigenvalue weighted by atomic mass is 35.5. The maximum atomic E-state index is 13.3. The zero-order chi connectivity index (χ0) is 12.7. The molecule has 18 heavy (non-hydrogen) atoms. The topological polar surface area (TPSA) is 43.6 Å². The largest absolute Gasteiger partial charge is 0.226 e. The number of benzene rings is 1. The summed E-state index contributed by atoms with van der Waals surface area (Å²) >= 11 is 5.77. The fraction of sp³-hybridized carbons (Fsp3) is 0.0833. The number of aryl methyl sites for hydroxylation is 1. The molecule has 0 atom stereocenters. The van der Waals surface area contributed by atoms with Crippen molar-refractivity contribution < 1.29 is 4.39 Å². The average Bonchev–Trinajstić information content (AvgIpc) is 2.75. The first-order chi connectivity index (χ1) is 8.65. The maximum Gasteiger partial charge on any atom is 0.224 e. The molecule has 0 saturated heterocycles. The molecule has 90 valence electrons. The van der Waals surface area contributed by atoms with Crippen LogP contribution in [-0.2, 0) is 0 Å². The van der Waals surface area contributed by atoms with E-state index in [9.17, 15) is 4.39 Å². The molecule has 0 aliphatic rings. The van der Waals surface area contributed by atoms with Crippen molar-refractivity contribution >= 4 is 22.6 Å². The molecular formula is C12H8ClFN4. The highest BCUT2D eigenvalue weighted by Gasteiger charge is 2.10. The monoisotopic (exact) mass is 262 g/mol. The Morgan fingerprint density at radius 1 is 1.28 bits per heavy atom. The van der Waals surface area contributed by atoms with Gasteiger partial charge >= 0.3 is 0 Å². The van der Waals surface area contributed by atoms with E-state index in [4.69, 9.17) is 11.6 Å². The molecule has 3 aromatic rings. The first-order valence-electron chi connectivity index (χ1n) is 5.28. The van der Waals surface area contributed by atoms with Gasteiger partial charge in [0, 0.05) is 6.20 Å². The second-order valence-corrected chi connectivity index (χ2v) is 4.24. The predicted molar refractivity (Wildman–Crippen MR) is 66.4 cm³/mol. The lowest BCUT2D eigenvalue weighted by molar-refractivity contribution is 0.625. The van der Waals surface area contributed by atoms with Crippen molar-refractivity contribution in [2.24, 2.45) is 0 Å². The van der Waals surface area contributed by atoms with Gasteiger partial charge in [0.15, 0.2) is 5.65 Å². The summed E-state index contributed by atoms with van der Waals surface area (Å²) in [7, 11) is 0. The lowest BCUT2D eigenvalue weighted by Crippen LogP contribution is -2.01. The van der Waals surface area contributed by atoms with E-state index in [0.29, 0.717) is 11.3 Å². The lowest BCUT2D eigenvalue weighted by atomic mass is 10.2. The summed E-state index contributed by atoms with van der Waals surface area (Å²) in [6.45, 7) is 1.88. The van der Waals surface area contributed by atoms with Crippen LogP contribution in [0.2, 0.25) is 5.28 Å². The Labute approximate surface area is 107 Å². The Bertz CT molecular complexity index is 738. The van der Waals surface area contributed by atoms with E-state index >= 15 is 0 Å². The van der Waals surface area contributed by atoms with Gasteiger partial charge < -0.3 is 0 Å². The minimum absolute atomic E-state index is 0.137. The van der Waals surface area contributed by atoms with Crippen molar-refractivity contribution in [2.45, 2.75) is 6.92 Å². The van der Waals surface area contributed by atoms with Crippen LogP contribution in [0.3, 0.4) is 0 Å². The van der Waals surface area contributed by atoms with E-state index in [2.05, 4.69) is 15.1 Å². The number of hydrogen-bond donors (Lipinski definition) is 0. The third-order valence-electron chi connectivity index (χ3n) is 2.68. The highest BCUT2D eigenvalue weighted by molar-refractivity contribution is 6.28. The van der Waals surface area contributed by atoms with Crippen LogP contribution in [-0.4, -0.2) is 19.7 Å². The second-order valence-electron chi connectivity index (χ2n) is 3.91. The number of hydrogen-bond acceptors (Lipinski definition) is 3. The molecule has 0 radical (unpaired) electrons. The summed E-state index contributed by atoms with van der Waals surface area (Å²) < 4.78 is 14.9. The molecule has 0 amide bonds. The Morgan fingerprint density at radius 3 is 2.94 bits per heavy atom. The summed E-state index contributed by atoms with van der Waals surface area (Å²) in [5.41, 5.74) is 2.10. The van der Waals surface area contributed by atoms with Gasteiger partial charge in [-0.3, -0.25) is 0 Å². The smallest absolute Gasteiger partial charge is 0.224 e. The summed E-state index contributed by atoms with van der Waals surface area (Å²) in [4.78, 5) is 8.00. The summed E-state index contributed by atoms with van der Waals surface area (Å²) in [5, 5.41) is 5.09. The molecule has 0 spiro atoms. The summed E-state index contributed by atoms with van der Waals surface area (Å²) in [6, 6.07) is 4.52. The maximum absolute atomic E-state index is 13.3. The minimum atomic E-state index is -0.320. The average molecular weight is 263 g/mol. The van der Waals surface area contributed by atoms with Crippen molar-refractivity contribution in [2.75, 3.05) is 0 Å². The third-order valence-corrected chi connectivity index (χ3v) is 2.86. The third kappa shape index (κ3) is 1.73.